The van der Waals surface area contributed by atoms with Gasteiger partial charge in [0.15, 0.2) is 5.82 Å². The Morgan fingerprint density at radius 3 is 2.75 bits per heavy atom. The maximum absolute atomic E-state index is 12.4. The Kier molecular flexibility index (Phi) is 3.83. The zero-order chi connectivity index (χ0) is 16.4. The van der Waals surface area contributed by atoms with Crippen LogP contribution in [0.25, 0.3) is 5.82 Å². The molecule has 0 fully saturated rings. The maximum atomic E-state index is 12.4. The van der Waals surface area contributed by atoms with Crippen molar-refractivity contribution in [2.75, 3.05) is 0 Å². The second-order valence-electron chi connectivity index (χ2n) is 5.93. The molecule has 2 aromatic heterocycles. The first-order valence-electron chi connectivity index (χ1n) is 8.17. The molecule has 1 aliphatic rings. The molecule has 0 saturated heterocycles. The van der Waals surface area contributed by atoms with Gasteiger partial charge in [-0.05, 0) is 43.5 Å². The number of pyridine rings is 1. The monoisotopic (exact) mass is 318 g/mol. The molecule has 1 aliphatic carbocycles. The van der Waals surface area contributed by atoms with E-state index in [9.17, 15) is 4.79 Å². The van der Waals surface area contributed by atoms with Gasteiger partial charge in [0, 0.05) is 17.3 Å². The zero-order valence-electron chi connectivity index (χ0n) is 13.2. The molecule has 1 amide bonds. The van der Waals surface area contributed by atoms with Gasteiger partial charge in [0.25, 0.3) is 5.91 Å². The quantitative estimate of drug-likeness (QED) is 0.807. The molecule has 0 spiro atoms. The standard InChI is InChI=1S/C19H18N4O/c24-19(14-7-2-1-3-8-14)22-16-9-6-10-17-15(16)13-21-23(17)18-11-4-5-12-20-18/h1-5,7-8,11-13,16H,6,9-10H2,(H,22,24)/t16-/m0/s1. The van der Waals surface area contributed by atoms with E-state index >= 15 is 0 Å². The summed E-state index contributed by atoms with van der Waals surface area (Å²) >= 11 is 0. The van der Waals surface area contributed by atoms with Crippen LogP contribution in [0.3, 0.4) is 0 Å². The van der Waals surface area contributed by atoms with Gasteiger partial charge in [-0.3, -0.25) is 4.79 Å². The minimum Gasteiger partial charge on any atom is -0.345 e. The lowest BCUT2D eigenvalue weighted by molar-refractivity contribution is 0.0932. The summed E-state index contributed by atoms with van der Waals surface area (Å²) in [5.41, 5.74) is 2.91. The van der Waals surface area contributed by atoms with Crippen molar-refractivity contribution in [3.63, 3.8) is 0 Å². The molecular weight excluding hydrogens is 300 g/mol. The number of benzene rings is 1. The van der Waals surface area contributed by atoms with Crippen molar-refractivity contribution in [1.29, 1.82) is 0 Å². The molecule has 0 aliphatic heterocycles. The molecule has 120 valence electrons. The first-order chi connectivity index (χ1) is 11.8. The zero-order valence-corrected chi connectivity index (χ0v) is 13.2. The number of amides is 1. The minimum absolute atomic E-state index is 0.00100. The summed E-state index contributed by atoms with van der Waals surface area (Å²) in [4.78, 5) is 16.8. The van der Waals surface area contributed by atoms with Crippen molar-refractivity contribution < 1.29 is 4.79 Å². The van der Waals surface area contributed by atoms with Crippen LogP contribution in [-0.2, 0) is 6.42 Å². The van der Waals surface area contributed by atoms with Crippen molar-refractivity contribution in [3.8, 4) is 5.82 Å². The van der Waals surface area contributed by atoms with E-state index in [0.29, 0.717) is 5.56 Å². The predicted octanol–water partition coefficient (Wildman–Crippen LogP) is 3.07. The first-order valence-corrected chi connectivity index (χ1v) is 8.17. The first kappa shape index (κ1) is 14.6. The fourth-order valence-electron chi connectivity index (χ4n) is 3.21. The van der Waals surface area contributed by atoms with E-state index in [0.717, 1.165) is 36.3 Å². The topological polar surface area (TPSA) is 59.8 Å². The van der Waals surface area contributed by atoms with Crippen LogP contribution in [0.15, 0.2) is 60.9 Å². The van der Waals surface area contributed by atoms with E-state index in [-0.39, 0.29) is 11.9 Å². The molecule has 5 nitrogen and oxygen atoms in total. The summed E-state index contributed by atoms with van der Waals surface area (Å²) in [7, 11) is 0. The SMILES string of the molecule is O=C(N[C@H]1CCCc2c1cnn2-c1ccccn1)c1ccccc1. The molecule has 1 N–H and O–H groups in total. The Bertz CT molecular complexity index is 842. The molecular formula is C19H18N4O. The Morgan fingerprint density at radius 2 is 1.96 bits per heavy atom. The number of hydrogen-bond acceptors (Lipinski definition) is 3. The van der Waals surface area contributed by atoms with Crippen molar-refractivity contribution >= 4 is 5.91 Å². The smallest absolute Gasteiger partial charge is 0.251 e. The molecule has 0 unspecified atom stereocenters. The molecule has 0 saturated carbocycles. The molecule has 4 rings (SSSR count). The third-order valence-corrected chi connectivity index (χ3v) is 4.39. The Morgan fingerprint density at radius 1 is 1.12 bits per heavy atom. The van der Waals surface area contributed by atoms with Crippen LogP contribution in [0.5, 0.6) is 0 Å². The van der Waals surface area contributed by atoms with Crippen LogP contribution in [0.4, 0.5) is 0 Å². The summed E-state index contributed by atoms with van der Waals surface area (Å²) in [6.07, 6.45) is 6.52. The van der Waals surface area contributed by atoms with Crippen LogP contribution in [-0.4, -0.2) is 20.7 Å². The molecule has 2 heterocycles. The van der Waals surface area contributed by atoms with Gasteiger partial charge in [-0.15, -0.1) is 0 Å². The molecule has 24 heavy (non-hydrogen) atoms. The third-order valence-electron chi connectivity index (χ3n) is 4.39. The van der Waals surface area contributed by atoms with E-state index in [4.69, 9.17) is 0 Å². The number of aromatic nitrogens is 3. The molecule has 3 aromatic rings. The Hall–Kier alpha value is -2.95. The second-order valence-corrected chi connectivity index (χ2v) is 5.93. The van der Waals surface area contributed by atoms with Gasteiger partial charge in [0.05, 0.1) is 17.9 Å². The van der Waals surface area contributed by atoms with Crippen molar-refractivity contribution in [2.45, 2.75) is 25.3 Å². The van der Waals surface area contributed by atoms with E-state index in [1.165, 1.54) is 0 Å². The maximum Gasteiger partial charge on any atom is 0.251 e. The highest BCUT2D eigenvalue weighted by molar-refractivity contribution is 5.94. The highest BCUT2D eigenvalue weighted by Crippen LogP contribution is 2.30. The van der Waals surface area contributed by atoms with Gasteiger partial charge in [0.2, 0.25) is 0 Å². The van der Waals surface area contributed by atoms with Gasteiger partial charge in [-0.2, -0.15) is 5.10 Å². The summed E-state index contributed by atoms with van der Waals surface area (Å²) in [5, 5.41) is 7.64. The fraction of sp³-hybridized carbons (Fsp3) is 0.211. The lowest BCUT2D eigenvalue weighted by atomic mass is 9.92. The molecule has 1 aromatic carbocycles. The fourth-order valence-corrected chi connectivity index (χ4v) is 3.21. The third kappa shape index (κ3) is 2.69. The van der Waals surface area contributed by atoms with Crippen LogP contribution >= 0.6 is 0 Å². The van der Waals surface area contributed by atoms with E-state index in [2.05, 4.69) is 15.4 Å². The molecule has 0 radical (unpaired) electrons. The summed E-state index contributed by atoms with van der Waals surface area (Å²) in [6.45, 7) is 0. The van der Waals surface area contributed by atoms with Gasteiger partial charge in [-0.1, -0.05) is 24.3 Å². The largest absolute Gasteiger partial charge is 0.345 e. The second kappa shape index (κ2) is 6.28. The van der Waals surface area contributed by atoms with E-state index in [1.807, 2.05) is 59.4 Å². The van der Waals surface area contributed by atoms with E-state index < -0.39 is 0 Å². The minimum atomic E-state index is -0.0426. The normalized spacial score (nSPS) is 16.4. The number of rotatable bonds is 3. The van der Waals surface area contributed by atoms with Gasteiger partial charge in [0.1, 0.15) is 0 Å². The van der Waals surface area contributed by atoms with Crippen molar-refractivity contribution in [3.05, 3.63) is 77.7 Å². The van der Waals surface area contributed by atoms with Crippen molar-refractivity contribution in [1.82, 2.24) is 20.1 Å². The number of hydrogen-bond donors (Lipinski definition) is 1. The Labute approximate surface area is 140 Å². The molecule has 5 heteroatoms. The summed E-state index contributed by atoms with van der Waals surface area (Å²) < 4.78 is 1.89. The average molecular weight is 318 g/mol. The van der Waals surface area contributed by atoms with Gasteiger partial charge >= 0.3 is 0 Å². The molecule has 1 atom stereocenters. The number of nitrogens with zero attached hydrogens (tertiary/aromatic N) is 3. The predicted molar refractivity (Wildman–Crippen MR) is 90.9 cm³/mol. The Balaban J connectivity index is 1.61. The average Bonchev–Trinajstić information content (AvgIpc) is 3.08. The number of nitrogens with one attached hydrogen (secondary N) is 1. The highest BCUT2D eigenvalue weighted by atomic mass is 16.1. The number of carbonyl (C=O) groups is 1. The lowest BCUT2D eigenvalue weighted by Crippen LogP contribution is -2.31. The number of fused-ring (bicyclic) bond motifs is 1. The highest BCUT2D eigenvalue weighted by Gasteiger charge is 2.26. The van der Waals surface area contributed by atoms with Crippen molar-refractivity contribution in [2.24, 2.45) is 0 Å². The molecule has 0 bridgehead atoms. The van der Waals surface area contributed by atoms with Gasteiger partial charge in [-0.25, -0.2) is 9.67 Å². The van der Waals surface area contributed by atoms with Crippen LogP contribution in [0.1, 0.15) is 40.5 Å². The van der Waals surface area contributed by atoms with Crippen LogP contribution < -0.4 is 5.32 Å². The number of carbonyl (C=O) groups excluding carboxylic acids is 1. The summed E-state index contributed by atoms with van der Waals surface area (Å²) in [5.74, 6) is 0.771. The van der Waals surface area contributed by atoms with Crippen LogP contribution in [0, 0.1) is 0 Å². The lowest BCUT2D eigenvalue weighted by Gasteiger charge is -2.24. The van der Waals surface area contributed by atoms with Gasteiger partial charge < -0.3 is 5.32 Å². The summed E-state index contributed by atoms with van der Waals surface area (Å²) in [6, 6.07) is 15.1. The van der Waals surface area contributed by atoms with E-state index in [1.54, 1.807) is 6.20 Å². The van der Waals surface area contributed by atoms with Crippen LogP contribution in [0.2, 0.25) is 0 Å².